The van der Waals surface area contributed by atoms with Gasteiger partial charge in [-0.2, -0.15) is 0 Å². The highest BCUT2D eigenvalue weighted by Gasteiger charge is 2.31. The van der Waals surface area contributed by atoms with Gasteiger partial charge in [-0.1, -0.05) is 13.3 Å². The van der Waals surface area contributed by atoms with Crippen molar-refractivity contribution in [2.45, 2.75) is 71.4 Å². The van der Waals surface area contributed by atoms with Gasteiger partial charge in [0.05, 0.1) is 0 Å². The number of hydrogen-bond donors (Lipinski definition) is 1. The van der Waals surface area contributed by atoms with Gasteiger partial charge < -0.3 is 10.1 Å². The van der Waals surface area contributed by atoms with Crippen LogP contribution >= 0.6 is 0 Å². The number of nitrogens with one attached hydrogen (secondary N) is 1. The normalized spacial score (nSPS) is 23.8. The van der Waals surface area contributed by atoms with Crippen molar-refractivity contribution < 1.29 is 14.3 Å². The number of carbonyl (C=O) groups excluding carboxylic acids is 2. The maximum atomic E-state index is 11.7. The molecule has 1 aliphatic rings. The van der Waals surface area contributed by atoms with E-state index in [2.05, 4.69) is 5.32 Å². The second kappa shape index (κ2) is 6.21. The monoisotopic (exact) mass is 255 g/mol. The Morgan fingerprint density at radius 3 is 2.50 bits per heavy atom. The molecule has 0 aromatic heterocycles. The Hall–Kier alpha value is -1.06. The highest BCUT2D eigenvalue weighted by molar-refractivity contribution is 5.78. The number of ether oxygens (including phenoxy) is 1. The summed E-state index contributed by atoms with van der Waals surface area (Å²) in [5.41, 5.74) is -0.475. The largest absolute Gasteiger partial charge is 0.444 e. The quantitative estimate of drug-likeness (QED) is 0.840. The number of alkyl carbamates (subject to hydrolysis) is 1. The topological polar surface area (TPSA) is 55.4 Å². The minimum atomic E-state index is -0.475. The Kier molecular flexibility index (Phi) is 5.17. The van der Waals surface area contributed by atoms with E-state index >= 15 is 0 Å². The molecule has 0 aromatic carbocycles. The van der Waals surface area contributed by atoms with E-state index in [1.54, 1.807) is 0 Å². The fourth-order valence-corrected chi connectivity index (χ4v) is 2.37. The van der Waals surface area contributed by atoms with Crippen molar-refractivity contribution in [3.8, 4) is 0 Å². The van der Waals surface area contributed by atoms with E-state index in [1.165, 1.54) is 0 Å². The van der Waals surface area contributed by atoms with E-state index in [-0.39, 0.29) is 23.8 Å². The van der Waals surface area contributed by atoms with Crippen molar-refractivity contribution in [1.29, 1.82) is 0 Å². The van der Waals surface area contributed by atoms with Gasteiger partial charge in [-0.3, -0.25) is 4.79 Å². The summed E-state index contributed by atoms with van der Waals surface area (Å²) in [6.07, 6.45) is 3.82. The number of ketones is 1. The first-order chi connectivity index (χ1) is 8.31. The van der Waals surface area contributed by atoms with Crippen molar-refractivity contribution in [1.82, 2.24) is 5.32 Å². The van der Waals surface area contributed by atoms with Gasteiger partial charge in [-0.05, 0) is 39.5 Å². The van der Waals surface area contributed by atoms with Gasteiger partial charge in [0.25, 0.3) is 0 Å². The molecule has 1 fully saturated rings. The van der Waals surface area contributed by atoms with Crippen molar-refractivity contribution in [3.05, 3.63) is 0 Å². The third kappa shape index (κ3) is 5.07. The van der Waals surface area contributed by atoms with Gasteiger partial charge in [0.2, 0.25) is 0 Å². The first-order valence-corrected chi connectivity index (χ1v) is 6.83. The number of hydrogen-bond acceptors (Lipinski definition) is 3. The van der Waals surface area contributed by atoms with Crippen molar-refractivity contribution >= 4 is 11.9 Å². The molecule has 0 heterocycles. The van der Waals surface area contributed by atoms with Gasteiger partial charge in [0.1, 0.15) is 11.4 Å². The number of amides is 1. The first kappa shape index (κ1) is 15.0. The number of carbonyl (C=O) groups is 2. The van der Waals surface area contributed by atoms with E-state index in [0.29, 0.717) is 12.8 Å². The second-order valence-corrected chi connectivity index (χ2v) is 6.04. The summed E-state index contributed by atoms with van der Waals surface area (Å²) in [5.74, 6) is 0.558. The predicted molar refractivity (Wildman–Crippen MR) is 70.4 cm³/mol. The number of rotatable bonds is 4. The van der Waals surface area contributed by atoms with Crippen LogP contribution in [0.15, 0.2) is 0 Å². The van der Waals surface area contributed by atoms with Crippen LogP contribution in [0.25, 0.3) is 0 Å². The molecule has 0 aromatic rings. The van der Waals surface area contributed by atoms with E-state index < -0.39 is 5.60 Å². The van der Waals surface area contributed by atoms with Crippen LogP contribution in [0.3, 0.4) is 0 Å². The molecule has 2 atom stereocenters. The predicted octanol–water partition coefficient (Wildman–Crippen LogP) is 3.05. The molecule has 1 rings (SSSR count). The average molecular weight is 255 g/mol. The summed E-state index contributed by atoms with van der Waals surface area (Å²) < 4.78 is 5.24. The van der Waals surface area contributed by atoms with Gasteiger partial charge >= 0.3 is 6.09 Å². The lowest BCUT2D eigenvalue weighted by Crippen LogP contribution is -2.41. The summed E-state index contributed by atoms with van der Waals surface area (Å²) in [5, 5.41) is 2.90. The van der Waals surface area contributed by atoms with Gasteiger partial charge in [0, 0.05) is 18.9 Å². The lowest BCUT2D eigenvalue weighted by atomic mass is 9.96. The minimum absolute atomic E-state index is 0.0929. The molecule has 0 saturated heterocycles. The molecule has 0 radical (unpaired) electrons. The Balaban J connectivity index is 2.45. The Morgan fingerprint density at radius 1 is 1.28 bits per heavy atom. The van der Waals surface area contributed by atoms with Gasteiger partial charge in [-0.25, -0.2) is 4.79 Å². The molecule has 18 heavy (non-hydrogen) atoms. The molecule has 1 aliphatic carbocycles. The van der Waals surface area contributed by atoms with Gasteiger partial charge in [-0.15, -0.1) is 0 Å². The van der Waals surface area contributed by atoms with Crippen LogP contribution in [0, 0.1) is 5.92 Å². The first-order valence-electron chi connectivity index (χ1n) is 6.83. The summed E-state index contributed by atoms with van der Waals surface area (Å²) in [7, 11) is 0. The standard InChI is InChI=1S/C14H25NO3/c1-5-11(16)9-10-7-6-8-12(10)15-13(17)18-14(2,3)4/h10,12H,5-9H2,1-4H3,(H,15,17)/t10-,12+/m0/s1. The molecule has 0 spiro atoms. The highest BCUT2D eigenvalue weighted by Crippen LogP contribution is 2.29. The van der Waals surface area contributed by atoms with E-state index in [0.717, 1.165) is 19.3 Å². The van der Waals surface area contributed by atoms with Crippen LogP contribution in [0.5, 0.6) is 0 Å². The fourth-order valence-electron chi connectivity index (χ4n) is 2.37. The zero-order valence-electron chi connectivity index (χ0n) is 11.9. The van der Waals surface area contributed by atoms with Crippen LogP contribution in [0.4, 0.5) is 4.79 Å². The Morgan fingerprint density at radius 2 is 1.94 bits per heavy atom. The third-order valence-corrected chi connectivity index (χ3v) is 3.25. The SMILES string of the molecule is CCC(=O)C[C@@H]1CCC[C@H]1NC(=O)OC(C)(C)C. The molecule has 1 N–H and O–H groups in total. The van der Waals surface area contributed by atoms with Crippen molar-refractivity contribution in [2.75, 3.05) is 0 Å². The zero-order chi connectivity index (χ0) is 13.8. The molecule has 1 saturated carbocycles. The molecule has 0 bridgehead atoms. The zero-order valence-corrected chi connectivity index (χ0v) is 11.9. The van der Waals surface area contributed by atoms with Crippen LogP contribution in [-0.2, 0) is 9.53 Å². The molecule has 4 nitrogen and oxygen atoms in total. The molecule has 0 aliphatic heterocycles. The van der Waals surface area contributed by atoms with E-state index in [1.807, 2.05) is 27.7 Å². The number of Topliss-reactive ketones (excluding diaryl/α,β-unsaturated/α-hetero) is 1. The molecule has 104 valence electrons. The molecule has 1 amide bonds. The summed E-state index contributed by atoms with van der Waals surface area (Å²) in [4.78, 5) is 23.2. The summed E-state index contributed by atoms with van der Waals surface area (Å²) in [6.45, 7) is 7.42. The maximum Gasteiger partial charge on any atom is 0.407 e. The van der Waals surface area contributed by atoms with Crippen LogP contribution in [0.1, 0.15) is 59.8 Å². The fraction of sp³-hybridized carbons (Fsp3) is 0.857. The third-order valence-electron chi connectivity index (χ3n) is 3.25. The smallest absolute Gasteiger partial charge is 0.407 e. The maximum absolute atomic E-state index is 11.7. The minimum Gasteiger partial charge on any atom is -0.444 e. The molecule has 4 heteroatoms. The van der Waals surface area contributed by atoms with Crippen LogP contribution < -0.4 is 5.32 Å². The highest BCUT2D eigenvalue weighted by atomic mass is 16.6. The Labute approximate surface area is 109 Å². The summed E-state index contributed by atoms with van der Waals surface area (Å²) >= 11 is 0. The molecule has 0 unspecified atom stereocenters. The van der Waals surface area contributed by atoms with Crippen LogP contribution in [0.2, 0.25) is 0 Å². The van der Waals surface area contributed by atoms with Crippen molar-refractivity contribution in [2.24, 2.45) is 5.92 Å². The summed E-state index contributed by atoms with van der Waals surface area (Å²) in [6, 6.07) is 0.0929. The van der Waals surface area contributed by atoms with Crippen LogP contribution in [-0.4, -0.2) is 23.5 Å². The van der Waals surface area contributed by atoms with E-state index in [9.17, 15) is 9.59 Å². The lowest BCUT2D eigenvalue weighted by Gasteiger charge is -2.24. The molecular formula is C14H25NO3. The molecular weight excluding hydrogens is 230 g/mol. The second-order valence-electron chi connectivity index (χ2n) is 6.04. The van der Waals surface area contributed by atoms with Gasteiger partial charge in [0.15, 0.2) is 0 Å². The average Bonchev–Trinajstić information content (AvgIpc) is 2.62. The Bertz CT molecular complexity index is 307. The lowest BCUT2D eigenvalue weighted by molar-refractivity contribution is -0.119. The van der Waals surface area contributed by atoms with E-state index in [4.69, 9.17) is 4.74 Å². The van der Waals surface area contributed by atoms with Crippen molar-refractivity contribution in [3.63, 3.8) is 0 Å².